The largest absolute Gasteiger partial charge is 0.387 e. The van der Waals surface area contributed by atoms with Gasteiger partial charge in [-0.05, 0) is 25.3 Å². The van der Waals surface area contributed by atoms with Crippen LogP contribution in [0.25, 0.3) is 0 Å². The summed E-state index contributed by atoms with van der Waals surface area (Å²) in [5.74, 6) is -0.350. The van der Waals surface area contributed by atoms with E-state index in [1.54, 1.807) is 22.0 Å². The van der Waals surface area contributed by atoms with E-state index in [4.69, 9.17) is 17.0 Å². The maximum Gasteiger partial charge on any atom is 0.248 e. The molecule has 0 fully saturated rings. The number of carbonyl (C=O) groups excluding carboxylic acids is 1. The number of nitrogens with zero attached hydrogens (tertiary/aromatic N) is 3. The number of thioether (sulfide) groups is 1. The summed E-state index contributed by atoms with van der Waals surface area (Å²) in [6, 6.07) is 6.91. The van der Waals surface area contributed by atoms with Gasteiger partial charge in [0, 0.05) is 17.1 Å². The fourth-order valence-electron chi connectivity index (χ4n) is 2.50. The predicted molar refractivity (Wildman–Crippen MR) is 94.2 cm³/mol. The Balaban J connectivity index is 2.39. The van der Waals surface area contributed by atoms with Crippen LogP contribution >= 0.6 is 23.4 Å². The second-order valence-electron chi connectivity index (χ2n) is 4.94. The molecule has 1 aromatic rings. The number of halogens is 1. The highest BCUT2D eigenvalue weighted by Crippen LogP contribution is 2.22. The molecule has 1 amide bonds. The highest BCUT2D eigenvalue weighted by molar-refractivity contribution is 8.13. The molecule has 0 aliphatic carbocycles. The van der Waals surface area contributed by atoms with E-state index < -0.39 is 6.61 Å². The molecular formula is C15H19ClN4O2S. The Kier molecular flexibility index (Phi) is 6.04. The molecule has 0 radical (unpaired) electrons. The lowest BCUT2D eigenvalue weighted by Crippen LogP contribution is -2.48. The van der Waals surface area contributed by atoms with Crippen molar-refractivity contribution in [3.05, 3.63) is 34.9 Å². The Hall–Kier alpha value is -1.57. The zero-order valence-corrected chi connectivity index (χ0v) is 14.6. The van der Waals surface area contributed by atoms with Crippen molar-refractivity contribution in [2.24, 2.45) is 5.10 Å². The minimum Gasteiger partial charge on any atom is -0.387 e. The average molecular weight is 355 g/mol. The van der Waals surface area contributed by atoms with Crippen LogP contribution in [0.1, 0.15) is 12.5 Å². The molecule has 1 aliphatic heterocycles. The number of amidine groups is 1. The maximum absolute atomic E-state index is 12.0. The molecule has 0 saturated carbocycles. The minimum atomic E-state index is -0.543. The highest BCUT2D eigenvalue weighted by atomic mass is 35.5. The fourth-order valence-corrected chi connectivity index (χ4v) is 2.95. The molecule has 0 aromatic heterocycles. The lowest BCUT2D eigenvalue weighted by Gasteiger charge is -2.28. The van der Waals surface area contributed by atoms with E-state index in [0.717, 1.165) is 5.56 Å². The molecule has 1 aromatic carbocycles. The van der Waals surface area contributed by atoms with E-state index in [9.17, 15) is 9.90 Å². The molecular weight excluding hydrogens is 336 g/mol. The number of carbonyl (C=O) groups is 1. The number of aliphatic hydroxyl groups excluding tert-OH is 1. The van der Waals surface area contributed by atoms with E-state index in [0.29, 0.717) is 29.0 Å². The van der Waals surface area contributed by atoms with Gasteiger partial charge in [-0.1, -0.05) is 35.5 Å². The molecule has 0 saturated heterocycles. The molecule has 124 valence electrons. The molecule has 23 heavy (non-hydrogen) atoms. The summed E-state index contributed by atoms with van der Waals surface area (Å²) in [6.07, 6.45) is 1.81. The molecule has 1 aliphatic rings. The van der Waals surface area contributed by atoms with Gasteiger partial charge in [0.15, 0.2) is 5.17 Å². The van der Waals surface area contributed by atoms with Gasteiger partial charge in [0.05, 0.1) is 18.3 Å². The van der Waals surface area contributed by atoms with E-state index in [1.807, 2.05) is 25.3 Å². The number of hydrogen-bond donors (Lipinski definition) is 2. The predicted octanol–water partition coefficient (Wildman–Crippen LogP) is 1.87. The van der Waals surface area contributed by atoms with Crippen molar-refractivity contribution >= 4 is 40.1 Å². The van der Waals surface area contributed by atoms with E-state index in [1.165, 1.54) is 11.8 Å². The van der Waals surface area contributed by atoms with Crippen LogP contribution in [0.3, 0.4) is 0 Å². The standard InChI is InChI=1S/C15H19ClN4O2S/c1-3-19(13(22)9-21)12-8-20(15(17)23-2)18-14(12)10-4-6-11(16)7-5-10/h4-7,12,17,21H,3,8-9H2,1-2H3. The highest BCUT2D eigenvalue weighted by Gasteiger charge is 2.35. The van der Waals surface area contributed by atoms with Crippen LogP contribution in [0.2, 0.25) is 5.02 Å². The monoisotopic (exact) mass is 354 g/mol. The van der Waals surface area contributed by atoms with Crippen molar-refractivity contribution in [2.75, 3.05) is 26.0 Å². The van der Waals surface area contributed by atoms with Crippen molar-refractivity contribution < 1.29 is 9.90 Å². The van der Waals surface area contributed by atoms with Crippen LogP contribution in [0.15, 0.2) is 29.4 Å². The SMILES string of the molecule is CCN(C(=O)CO)C1CN(C(=N)SC)N=C1c1ccc(Cl)cc1. The first kappa shape index (κ1) is 17.8. The minimum absolute atomic E-state index is 0.312. The van der Waals surface area contributed by atoms with Crippen molar-refractivity contribution in [3.63, 3.8) is 0 Å². The summed E-state index contributed by atoms with van der Waals surface area (Å²) in [7, 11) is 0. The Morgan fingerprint density at radius 3 is 2.70 bits per heavy atom. The first-order valence-corrected chi connectivity index (χ1v) is 8.76. The third-order valence-corrected chi connectivity index (χ3v) is 4.48. The zero-order chi connectivity index (χ0) is 17.0. The number of hydrazone groups is 1. The topological polar surface area (TPSA) is 80.0 Å². The summed E-state index contributed by atoms with van der Waals surface area (Å²) in [6.45, 7) is 2.17. The van der Waals surface area contributed by atoms with Gasteiger partial charge in [0.2, 0.25) is 5.91 Å². The van der Waals surface area contributed by atoms with E-state index in [-0.39, 0.29) is 11.9 Å². The van der Waals surface area contributed by atoms with Crippen LogP contribution in [0.4, 0.5) is 0 Å². The molecule has 6 nitrogen and oxygen atoms in total. The quantitative estimate of drug-likeness (QED) is 0.639. The lowest BCUT2D eigenvalue weighted by molar-refractivity contribution is -0.135. The summed E-state index contributed by atoms with van der Waals surface area (Å²) in [5, 5.41) is 24.2. The van der Waals surface area contributed by atoms with Gasteiger partial charge in [-0.2, -0.15) is 5.10 Å². The summed E-state index contributed by atoms with van der Waals surface area (Å²) in [5.41, 5.74) is 1.55. The van der Waals surface area contributed by atoms with Crippen molar-refractivity contribution in [1.82, 2.24) is 9.91 Å². The summed E-state index contributed by atoms with van der Waals surface area (Å²) >= 11 is 7.22. The van der Waals surface area contributed by atoms with Gasteiger partial charge in [-0.3, -0.25) is 10.2 Å². The number of aliphatic hydroxyl groups is 1. The lowest BCUT2D eigenvalue weighted by atomic mass is 10.0. The molecule has 1 unspecified atom stereocenters. The third kappa shape index (κ3) is 3.85. The third-order valence-electron chi connectivity index (χ3n) is 3.63. The number of nitrogens with one attached hydrogen (secondary N) is 1. The van der Waals surface area contributed by atoms with Gasteiger partial charge in [0.25, 0.3) is 0 Å². The fraction of sp³-hybridized carbons (Fsp3) is 0.400. The second kappa shape index (κ2) is 7.81. The van der Waals surface area contributed by atoms with Crippen LogP contribution in [0.5, 0.6) is 0 Å². The smallest absolute Gasteiger partial charge is 0.248 e. The molecule has 1 heterocycles. The van der Waals surface area contributed by atoms with Crippen LogP contribution in [-0.4, -0.2) is 63.8 Å². The normalized spacial score (nSPS) is 17.1. The molecule has 0 spiro atoms. The molecule has 2 N–H and O–H groups in total. The van der Waals surface area contributed by atoms with Gasteiger partial charge >= 0.3 is 0 Å². The summed E-state index contributed by atoms with van der Waals surface area (Å²) in [4.78, 5) is 13.6. The number of hydrogen-bond acceptors (Lipinski definition) is 5. The first-order valence-electron chi connectivity index (χ1n) is 7.16. The van der Waals surface area contributed by atoms with Crippen molar-refractivity contribution in [3.8, 4) is 0 Å². The van der Waals surface area contributed by atoms with Gasteiger partial charge in [-0.15, -0.1) is 0 Å². The molecule has 2 rings (SSSR count). The van der Waals surface area contributed by atoms with Gasteiger partial charge in [0.1, 0.15) is 6.61 Å². The number of benzene rings is 1. The van der Waals surface area contributed by atoms with Crippen molar-refractivity contribution in [2.45, 2.75) is 13.0 Å². The van der Waals surface area contributed by atoms with Gasteiger partial charge in [-0.25, -0.2) is 5.01 Å². The van der Waals surface area contributed by atoms with E-state index in [2.05, 4.69) is 5.10 Å². The zero-order valence-electron chi connectivity index (χ0n) is 13.0. The molecule has 8 heteroatoms. The Morgan fingerprint density at radius 1 is 1.52 bits per heavy atom. The number of likely N-dealkylation sites (N-methyl/N-ethyl adjacent to an activating group) is 1. The second-order valence-corrected chi connectivity index (χ2v) is 6.17. The van der Waals surface area contributed by atoms with Crippen molar-refractivity contribution in [1.29, 1.82) is 5.41 Å². The Labute approximate surface area is 144 Å². The molecule has 0 bridgehead atoms. The van der Waals surface area contributed by atoms with Gasteiger partial charge < -0.3 is 10.0 Å². The maximum atomic E-state index is 12.0. The van der Waals surface area contributed by atoms with Crippen LogP contribution < -0.4 is 0 Å². The van der Waals surface area contributed by atoms with Crippen LogP contribution in [0, 0.1) is 5.41 Å². The summed E-state index contributed by atoms with van der Waals surface area (Å²) < 4.78 is 0. The first-order chi connectivity index (χ1) is 11.0. The average Bonchev–Trinajstić information content (AvgIpc) is 3.00. The number of rotatable bonds is 4. The van der Waals surface area contributed by atoms with E-state index >= 15 is 0 Å². The van der Waals surface area contributed by atoms with Crippen LogP contribution in [-0.2, 0) is 4.79 Å². The molecule has 1 atom stereocenters. The Bertz CT molecular complexity index is 620. The Morgan fingerprint density at radius 2 is 2.17 bits per heavy atom. The number of amides is 1.